The fourth-order valence-corrected chi connectivity index (χ4v) is 3.10. The van der Waals surface area contributed by atoms with E-state index in [1.165, 1.54) is 0 Å². The Balaban J connectivity index is 2.18. The molecular weight excluding hydrogens is 252 g/mol. The molecule has 0 aromatic heterocycles. The summed E-state index contributed by atoms with van der Waals surface area (Å²) >= 11 is 0. The molecule has 0 spiro atoms. The van der Waals surface area contributed by atoms with Crippen LogP contribution in [0.2, 0.25) is 0 Å². The van der Waals surface area contributed by atoms with E-state index < -0.39 is 6.10 Å². The Hall–Kier alpha value is -1.16. The van der Waals surface area contributed by atoms with Crippen LogP contribution in [0.5, 0.6) is 0 Å². The highest BCUT2D eigenvalue weighted by Crippen LogP contribution is 2.38. The average molecular weight is 276 g/mol. The van der Waals surface area contributed by atoms with Crippen molar-refractivity contribution in [2.24, 2.45) is 17.8 Å². The first-order valence-corrected chi connectivity index (χ1v) is 7.15. The predicted molar refractivity (Wildman–Crippen MR) is 79.4 cm³/mol. The van der Waals surface area contributed by atoms with Gasteiger partial charge in [-0.3, -0.25) is 0 Å². The fourth-order valence-electron chi connectivity index (χ4n) is 3.10. The Morgan fingerprint density at radius 3 is 2.50 bits per heavy atom. The molecule has 0 aliphatic heterocycles. The number of aliphatic hydroxyl groups excluding tert-OH is 1. The van der Waals surface area contributed by atoms with Crippen molar-refractivity contribution in [3.8, 4) is 0 Å². The summed E-state index contributed by atoms with van der Waals surface area (Å²) < 4.78 is 10.7. The van der Waals surface area contributed by atoms with Crippen LogP contribution in [0.1, 0.15) is 18.1 Å². The van der Waals surface area contributed by atoms with E-state index >= 15 is 0 Å². The van der Waals surface area contributed by atoms with E-state index in [9.17, 15) is 5.11 Å². The highest BCUT2D eigenvalue weighted by molar-refractivity contribution is 5.20. The zero-order chi connectivity index (χ0) is 14.4. The molecule has 0 fully saturated rings. The number of aliphatic hydroxyl groups is 1. The van der Waals surface area contributed by atoms with Crippen LogP contribution in [0.4, 0.5) is 0 Å². The third-order valence-electron chi connectivity index (χ3n) is 4.14. The molecule has 3 heteroatoms. The van der Waals surface area contributed by atoms with E-state index in [1.54, 1.807) is 14.2 Å². The molecule has 0 saturated heterocycles. The van der Waals surface area contributed by atoms with Crippen LogP contribution in [0.25, 0.3) is 0 Å². The first-order chi connectivity index (χ1) is 9.77. The van der Waals surface area contributed by atoms with Gasteiger partial charge in [0.2, 0.25) is 0 Å². The van der Waals surface area contributed by atoms with Gasteiger partial charge in [-0.1, -0.05) is 42.5 Å². The topological polar surface area (TPSA) is 38.7 Å². The molecule has 1 N–H and O–H groups in total. The normalized spacial score (nSPS) is 27.4. The zero-order valence-electron chi connectivity index (χ0n) is 12.2. The summed E-state index contributed by atoms with van der Waals surface area (Å²) in [4.78, 5) is 0. The van der Waals surface area contributed by atoms with Gasteiger partial charge < -0.3 is 14.6 Å². The van der Waals surface area contributed by atoms with Crippen LogP contribution >= 0.6 is 0 Å². The number of hydrogen-bond acceptors (Lipinski definition) is 3. The molecule has 1 aliphatic carbocycles. The lowest BCUT2D eigenvalue weighted by molar-refractivity contribution is 0.00281. The van der Waals surface area contributed by atoms with Crippen LogP contribution < -0.4 is 0 Å². The van der Waals surface area contributed by atoms with E-state index in [0.717, 1.165) is 12.0 Å². The summed E-state index contributed by atoms with van der Waals surface area (Å²) in [6.07, 6.45) is 4.78. The Morgan fingerprint density at radius 2 is 1.85 bits per heavy atom. The molecule has 1 aliphatic rings. The molecule has 110 valence electrons. The van der Waals surface area contributed by atoms with Crippen LogP contribution in [0.3, 0.4) is 0 Å². The highest BCUT2D eigenvalue weighted by atomic mass is 16.5. The summed E-state index contributed by atoms with van der Waals surface area (Å²) in [6, 6.07) is 9.84. The molecule has 0 radical (unpaired) electrons. The van der Waals surface area contributed by atoms with Crippen molar-refractivity contribution in [2.75, 3.05) is 27.4 Å². The highest BCUT2D eigenvalue weighted by Gasteiger charge is 2.35. The molecule has 1 unspecified atom stereocenters. The Bertz CT molecular complexity index is 416. The fraction of sp³-hybridized carbons (Fsp3) is 0.529. The van der Waals surface area contributed by atoms with Crippen molar-refractivity contribution in [3.63, 3.8) is 0 Å². The third kappa shape index (κ3) is 3.48. The van der Waals surface area contributed by atoms with Gasteiger partial charge in [0.25, 0.3) is 0 Å². The summed E-state index contributed by atoms with van der Waals surface area (Å²) in [5, 5.41) is 10.7. The van der Waals surface area contributed by atoms with Gasteiger partial charge in [-0.05, 0) is 23.8 Å². The van der Waals surface area contributed by atoms with Crippen LogP contribution in [0, 0.1) is 17.8 Å². The Labute approximate surface area is 121 Å². The van der Waals surface area contributed by atoms with E-state index in [4.69, 9.17) is 9.47 Å². The monoisotopic (exact) mass is 276 g/mol. The minimum atomic E-state index is -0.493. The lowest BCUT2D eigenvalue weighted by Crippen LogP contribution is -2.35. The van der Waals surface area contributed by atoms with Crippen molar-refractivity contribution >= 4 is 0 Å². The van der Waals surface area contributed by atoms with Gasteiger partial charge in [0.1, 0.15) is 0 Å². The molecule has 0 amide bonds. The maximum Gasteiger partial charge on any atom is 0.0856 e. The SMILES string of the molecule is COCC1CC=C[C@H]([C@H](O)c2ccccc2)[C@H]1COC. The molecule has 0 bridgehead atoms. The molecule has 3 nitrogen and oxygen atoms in total. The van der Waals surface area contributed by atoms with E-state index in [-0.39, 0.29) is 11.8 Å². The maximum atomic E-state index is 10.7. The molecule has 1 aromatic carbocycles. The third-order valence-corrected chi connectivity index (χ3v) is 4.14. The maximum absolute atomic E-state index is 10.7. The van der Waals surface area contributed by atoms with Gasteiger partial charge in [0.15, 0.2) is 0 Å². The lowest BCUT2D eigenvalue weighted by atomic mass is 9.73. The number of benzene rings is 1. The number of hydrogen-bond donors (Lipinski definition) is 1. The van der Waals surface area contributed by atoms with Crippen molar-refractivity contribution < 1.29 is 14.6 Å². The lowest BCUT2D eigenvalue weighted by Gasteiger charge is -2.36. The minimum Gasteiger partial charge on any atom is -0.388 e. The first-order valence-electron chi connectivity index (χ1n) is 7.15. The minimum absolute atomic E-state index is 0.0752. The van der Waals surface area contributed by atoms with E-state index in [0.29, 0.717) is 19.1 Å². The largest absolute Gasteiger partial charge is 0.388 e. The Kier molecular flexibility index (Phi) is 5.77. The van der Waals surface area contributed by atoms with Crippen LogP contribution in [-0.4, -0.2) is 32.5 Å². The predicted octanol–water partition coefficient (Wildman–Crippen LogP) is 2.82. The average Bonchev–Trinajstić information content (AvgIpc) is 2.49. The van der Waals surface area contributed by atoms with Crippen molar-refractivity contribution in [2.45, 2.75) is 12.5 Å². The van der Waals surface area contributed by atoms with Gasteiger partial charge in [0.05, 0.1) is 12.7 Å². The zero-order valence-corrected chi connectivity index (χ0v) is 12.2. The molecule has 0 heterocycles. The summed E-state index contributed by atoms with van der Waals surface area (Å²) in [5.74, 6) is 0.750. The number of ether oxygens (including phenoxy) is 2. The summed E-state index contributed by atoms with van der Waals surface area (Å²) in [5.41, 5.74) is 0.960. The molecule has 2 rings (SSSR count). The molecule has 20 heavy (non-hydrogen) atoms. The molecule has 0 saturated carbocycles. The van der Waals surface area contributed by atoms with Gasteiger partial charge >= 0.3 is 0 Å². The Morgan fingerprint density at radius 1 is 1.15 bits per heavy atom. The van der Waals surface area contributed by atoms with Crippen molar-refractivity contribution in [1.29, 1.82) is 0 Å². The van der Waals surface area contributed by atoms with E-state index in [2.05, 4.69) is 12.2 Å². The summed E-state index contributed by atoms with van der Waals surface area (Å²) in [6.45, 7) is 1.35. The molecule has 1 aromatic rings. The van der Waals surface area contributed by atoms with Crippen molar-refractivity contribution in [3.05, 3.63) is 48.0 Å². The van der Waals surface area contributed by atoms with Gasteiger partial charge in [0, 0.05) is 26.7 Å². The van der Waals surface area contributed by atoms with Gasteiger partial charge in [-0.25, -0.2) is 0 Å². The standard InChI is InChI=1S/C17H24O3/c1-19-11-14-9-6-10-15(16(14)12-20-2)17(18)13-7-4-3-5-8-13/h3-8,10,14-18H,9,11-12H2,1-2H3/t14?,15-,16-,17+/m0/s1. The first kappa shape index (κ1) is 15.2. The van der Waals surface area contributed by atoms with Crippen molar-refractivity contribution in [1.82, 2.24) is 0 Å². The number of methoxy groups -OCH3 is 2. The molecule has 4 atom stereocenters. The summed E-state index contributed by atoms with van der Waals surface area (Å²) in [7, 11) is 3.44. The van der Waals surface area contributed by atoms with Gasteiger partial charge in [-0.15, -0.1) is 0 Å². The van der Waals surface area contributed by atoms with E-state index in [1.807, 2.05) is 30.3 Å². The van der Waals surface area contributed by atoms with Gasteiger partial charge in [-0.2, -0.15) is 0 Å². The number of rotatable bonds is 6. The number of allylic oxidation sites excluding steroid dienone is 1. The van der Waals surface area contributed by atoms with Crippen LogP contribution in [-0.2, 0) is 9.47 Å². The molecular formula is C17H24O3. The second-order valence-electron chi connectivity index (χ2n) is 5.43. The quantitative estimate of drug-likeness (QED) is 0.812. The second kappa shape index (κ2) is 7.58. The second-order valence-corrected chi connectivity index (χ2v) is 5.43. The van der Waals surface area contributed by atoms with Crippen LogP contribution in [0.15, 0.2) is 42.5 Å². The smallest absolute Gasteiger partial charge is 0.0856 e.